The summed E-state index contributed by atoms with van der Waals surface area (Å²) in [6.07, 6.45) is 2.20. The summed E-state index contributed by atoms with van der Waals surface area (Å²) in [7, 11) is 0. The Morgan fingerprint density at radius 1 is 0.370 bits per heavy atom. The summed E-state index contributed by atoms with van der Waals surface area (Å²) in [6.45, 7) is 0. The average molecular weight is 585 g/mol. The molecule has 0 atom stereocenters. The quantitative estimate of drug-likeness (QED) is 0.183. The molecule has 0 spiro atoms. The number of rotatable bonds is 3. The number of para-hydroxylation sites is 1. The topological polar surface area (TPSA) is 9.86 Å². The lowest BCUT2D eigenvalue weighted by molar-refractivity contribution is 1.14. The molecule has 0 saturated heterocycles. The molecule has 0 radical (unpaired) electrons. The molecule has 10 rings (SSSR count). The maximum Gasteiger partial charge on any atom is 0.0625 e. The largest absolute Gasteiger partial charge is 0.316 e. The predicted octanol–water partition coefficient (Wildman–Crippen LogP) is 11.9. The lowest BCUT2D eigenvalue weighted by atomic mass is 9.95. The Balaban J connectivity index is 1.23. The van der Waals surface area contributed by atoms with Gasteiger partial charge in [-0.1, -0.05) is 115 Å². The van der Waals surface area contributed by atoms with E-state index in [1.807, 2.05) is 0 Å². The maximum absolute atomic E-state index is 2.46. The van der Waals surface area contributed by atoms with Crippen molar-refractivity contribution in [2.24, 2.45) is 0 Å². The first-order valence-electron chi connectivity index (χ1n) is 15.9. The molecule has 2 heteroatoms. The fraction of sp³-hybridized carbons (Fsp3) is 0. The molecule has 0 aliphatic carbocycles. The van der Waals surface area contributed by atoms with Crippen molar-refractivity contribution in [2.75, 3.05) is 0 Å². The molecule has 2 aromatic heterocycles. The number of hydrogen-bond acceptors (Lipinski definition) is 0. The van der Waals surface area contributed by atoms with E-state index in [1.165, 1.54) is 87.5 Å². The minimum Gasteiger partial charge on any atom is -0.316 e. The molecule has 0 amide bonds. The monoisotopic (exact) mass is 584 g/mol. The van der Waals surface area contributed by atoms with Crippen molar-refractivity contribution in [1.29, 1.82) is 0 Å². The molecule has 0 fully saturated rings. The highest BCUT2D eigenvalue weighted by Crippen LogP contribution is 2.43. The Kier molecular flexibility index (Phi) is 5.31. The van der Waals surface area contributed by atoms with Gasteiger partial charge in [0.2, 0.25) is 0 Å². The van der Waals surface area contributed by atoms with E-state index in [1.54, 1.807) is 0 Å². The fourth-order valence-corrected chi connectivity index (χ4v) is 7.65. The molecule has 0 N–H and O–H groups in total. The van der Waals surface area contributed by atoms with Gasteiger partial charge in [0, 0.05) is 38.8 Å². The van der Waals surface area contributed by atoms with Crippen LogP contribution >= 0.6 is 0 Å². The smallest absolute Gasteiger partial charge is 0.0625 e. The molecule has 0 aliphatic heterocycles. The zero-order valence-electron chi connectivity index (χ0n) is 25.1. The van der Waals surface area contributed by atoms with Crippen molar-refractivity contribution >= 4 is 65.0 Å². The van der Waals surface area contributed by atoms with Crippen LogP contribution in [0.2, 0.25) is 0 Å². The summed E-state index contributed by atoms with van der Waals surface area (Å²) < 4.78 is 4.77. The SMILES string of the molecule is c1ccc(-n2c3ccc(-c4ccc5c(ccn5-c5cccc6ccccc56)c4)cc3c3c4ccccc4c4ccccc4c32)cc1. The average Bonchev–Trinajstić information content (AvgIpc) is 3.71. The van der Waals surface area contributed by atoms with Gasteiger partial charge in [0.05, 0.1) is 22.2 Å². The zero-order chi connectivity index (χ0) is 30.2. The number of nitrogens with zero attached hydrogens (tertiary/aromatic N) is 2. The van der Waals surface area contributed by atoms with Crippen LogP contribution in [-0.4, -0.2) is 9.13 Å². The second kappa shape index (κ2) is 9.69. The Morgan fingerprint density at radius 2 is 1.00 bits per heavy atom. The van der Waals surface area contributed by atoms with Crippen LogP contribution in [0.3, 0.4) is 0 Å². The third-order valence-corrected chi connectivity index (χ3v) is 9.70. The lowest BCUT2D eigenvalue weighted by Crippen LogP contribution is -1.94. The Hall–Kier alpha value is -6.12. The summed E-state index contributed by atoms with van der Waals surface area (Å²) in [5.41, 5.74) is 8.50. The van der Waals surface area contributed by atoms with Gasteiger partial charge in [0.15, 0.2) is 0 Å². The van der Waals surface area contributed by atoms with E-state index in [2.05, 4.69) is 179 Å². The standard InChI is InChI=1S/C44H28N2/c1-2-13-33(14-3-1)46-42-24-22-31(28-39(42)43-37-18-8-6-16-35(37)36-17-7-9-19-38(36)44(43)46)30-21-23-40-32(27-30)25-26-45(40)41-20-10-12-29-11-4-5-15-34(29)41/h1-28H. The summed E-state index contributed by atoms with van der Waals surface area (Å²) in [4.78, 5) is 0. The van der Waals surface area contributed by atoms with Crippen LogP contribution in [0.1, 0.15) is 0 Å². The summed E-state index contributed by atoms with van der Waals surface area (Å²) >= 11 is 0. The van der Waals surface area contributed by atoms with Crippen molar-refractivity contribution in [3.63, 3.8) is 0 Å². The van der Waals surface area contributed by atoms with Gasteiger partial charge in [-0.15, -0.1) is 0 Å². The van der Waals surface area contributed by atoms with Crippen LogP contribution in [-0.2, 0) is 0 Å². The van der Waals surface area contributed by atoms with E-state index >= 15 is 0 Å². The van der Waals surface area contributed by atoms with Crippen LogP contribution in [0.15, 0.2) is 170 Å². The second-order valence-electron chi connectivity index (χ2n) is 12.2. The van der Waals surface area contributed by atoms with Crippen molar-refractivity contribution in [1.82, 2.24) is 9.13 Å². The van der Waals surface area contributed by atoms with Gasteiger partial charge in [-0.2, -0.15) is 0 Å². The predicted molar refractivity (Wildman–Crippen MR) is 196 cm³/mol. The number of hydrogen-bond donors (Lipinski definition) is 0. The van der Waals surface area contributed by atoms with Gasteiger partial charge in [0.25, 0.3) is 0 Å². The van der Waals surface area contributed by atoms with E-state index in [-0.39, 0.29) is 0 Å². The van der Waals surface area contributed by atoms with Gasteiger partial charge < -0.3 is 9.13 Å². The summed E-state index contributed by atoms with van der Waals surface area (Å²) in [5.74, 6) is 0. The first-order chi connectivity index (χ1) is 22.8. The molecule has 214 valence electrons. The molecule has 10 aromatic rings. The first kappa shape index (κ1) is 25.2. The molecule has 8 aromatic carbocycles. The van der Waals surface area contributed by atoms with Crippen molar-refractivity contribution < 1.29 is 0 Å². The lowest BCUT2D eigenvalue weighted by Gasteiger charge is -2.12. The van der Waals surface area contributed by atoms with Crippen LogP contribution in [0, 0.1) is 0 Å². The Bertz CT molecular complexity index is 2790. The zero-order valence-corrected chi connectivity index (χ0v) is 25.1. The molecule has 2 heterocycles. The minimum absolute atomic E-state index is 1.17. The summed E-state index contributed by atoms with van der Waals surface area (Å²) in [6, 6.07) is 59.8. The van der Waals surface area contributed by atoms with Crippen LogP contribution < -0.4 is 0 Å². The van der Waals surface area contributed by atoms with E-state index < -0.39 is 0 Å². The molecular weight excluding hydrogens is 556 g/mol. The molecule has 0 unspecified atom stereocenters. The van der Waals surface area contributed by atoms with E-state index in [0.717, 1.165) is 0 Å². The highest BCUT2D eigenvalue weighted by molar-refractivity contribution is 6.32. The van der Waals surface area contributed by atoms with Gasteiger partial charge >= 0.3 is 0 Å². The molecular formula is C44H28N2. The molecule has 0 aliphatic rings. The van der Waals surface area contributed by atoms with Crippen LogP contribution in [0.4, 0.5) is 0 Å². The van der Waals surface area contributed by atoms with Gasteiger partial charge in [0.1, 0.15) is 0 Å². The van der Waals surface area contributed by atoms with Crippen molar-refractivity contribution in [2.45, 2.75) is 0 Å². The first-order valence-corrected chi connectivity index (χ1v) is 15.9. The van der Waals surface area contributed by atoms with Crippen molar-refractivity contribution in [3.8, 4) is 22.5 Å². The Morgan fingerprint density at radius 3 is 1.83 bits per heavy atom. The van der Waals surface area contributed by atoms with Crippen LogP contribution in [0.5, 0.6) is 0 Å². The number of aromatic nitrogens is 2. The Labute approximate surface area is 266 Å². The summed E-state index contributed by atoms with van der Waals surface area (Å²) in [5, 5.41) is 11.4. The number of fused-ring (bicyclic) bond motifs is 10. The molecule has 0 saturated carbocycles. The van der Waals surface area contributed by atoms with E-state index in [4.69, 9.17) is 0 Å². The second-order valence-corrected chi connectivity index (χ2v) is 12.2. The molecule has 0 bridgehead atoms. The normalized spacial score (nSPS) is 11.9. The molecule has 46 heavy (non-hydrogen) atoms. The highest BCUT2D eigenvalue weighted by Gasteiger charge is 2.19. The third kappa shape index (κ3) is 3.59. The van der Waals surface area contributed by atoms with Crippen LogP contribution in [0.25, 0.3) is 87.5 Å². The highest BCUT2D eigenvalue weighted by atomic mass is 15.0. The van der Waals surface area contributed by atoms with E-state index in [9.17, 15) is 0 Å². The fourth-order valence-electron chi connectivity index (χ4n) is 7.65. The van der Waals surface area contributed by atoms with Gasteiger partial charge in [-0.05, 0) is 81.2 Å². The third-order valence-electron chi connectivity index (χ3n) is 9.70. The van der Waals surface area contributed by atoms with Gasteiger partial charge in [-0.25, -0.2) is 0 Å². The van der Waals surface area contributed by atoms with Gasteiger partial charge in [-0.3, -0.25) is 0 Å². The molecule has 2 nitrogen and oxygen atoms in total. The minimum atomic E-state index is 1.17. The maximum atomic E-state index is 2.46. The van der Waals surface area contributed by atoms with E-state index in [0.29, 0.717) is 0 Å². The van der Waals surface area contributed by atoms with Crippen molar-refractivity contribution in [3.05, 3.63) is 170 Å². The number of benzene rings is 8.